The van der Waals surface area contributed by atoms with E-state index in [2.05, 4.69) is 10.6 Å². The van der Waals surface area contributed by atoms with E-state index in [1.165, 1.54) is 0 Å². The fraction of sp³-hybridized carbons (Fsp3) is 0.333. The van der Waals surface area contributed by atoms with Crippen molar-refractivity contribution in [2.24, 2.45) is 5.92 Å². The number of hydrogen-bond donors (Lipinski definition) is 2. The number of benzene rings is 1. The van der Waals surface area contributed by atoms with Crippen LogP contribution in [0.25, 0.3) is 0 Å². The highest BCUT2D eigenvalue weighted by atomic mass is 35.5. The van der Waals surface area contributed by atoms with Crippen molar-refractivity contribution < 1.29 is 9.59 Å². The minimum Gasteiger partial charge on any atom is -0.331 e. The molecule has 2 amide bonds. The van der Waals surface area contributed by atoms with E-state index >= 15 is 0 Å². The maximum absolute atomic E-state index is 11.5. The van der Waals surface area contributed by atoms with Gasteiger partial charge in [-0.2, -0.15) is 0 Å². The molecule has 0 saturated carbocycles. The first-order chi connectivity index (χ1) is 8.00. The number of para-hydroxylation sites is 1. The smallest absolute Gasteiger partial charge is 0.319 e. The zero-order valence-electron chi connectivity index (χ0n) is 9.79. The van der Waals surface area contributed by atoms with Gasteiger partial charge in [-0.25, -0.2) is 4.79 Å². The van der Waals surface area contributed by atoms with Crippen molar-refractivity contribution >= 4 is 29.1 Å². The maximum Gasteiger partial charge on any atom is 0.319 e. The number of nitrogens with one attached hydrogen (secondary N) is 2. The van der Waals surface area contributed by atoms with Gasteiger partial charge in [0.05, 0.1) is 17.3 Å². The van der Waals surface area contributed by atoms with Gasteiger partial charge >= 0.3 is 6.03 Å². The summed E-state index contributed by atoms with van der Waals surface area (Å²) < 4.78 is 0. The van der Waals surface area contributed by atoms with Gasteiger partial charge in [-0.1, -0.05) is 37.6 Å². The monoisotopic (exact) mass is 254 g/mol. The molecule has 0 heterocycles. The Bertz CT molecular complexity index is 419. The van der Waals surface area contributed by atoms with E-state index in [1.54, 1.807) is 38.1 Å². The van der Waals surface area contributed by atoms with E-state index < -0.39 is 6.03 Å². The van der Waals surface area contributed by atoms with Crippen molar-refractivity contribution in [1.29, 1.82) is 0 Å². The third-order valence-electron chi connectivity index (χ3n) is 2.19. The Morgan fingerprint density at radius 3 is 2.53 bits per heavy atom. The van der Waals surface area contributed by atoms with Gasteiger partial charge in [-0.05, 0) is 12.1 Å². The third-order valence-corrected chi connectivity index (χ3v) is 2.52. The molecule has 0 spiro atoms. The molecule has 0 radical (unpaired) electrons. The third kappa shape index (κ3) is 4.44. The molecule has 0 aliphatic heterocycles. The minimum atomic E-state index is -0.438. The number of Topliss-reactive ketones (excluding diaryl/α,β-unsaturated/α-hetero) is 1. The largest absolute Gasteiger partial charge is 0.331 e. The van der Waals surface area contributed by atoms with Crippen LogP contribution < -0.4 is 10.6 Å². The van der Waals surface area contributed by atoms with E-state index in [-0.39, 0.29) is 18.2 Å². The first-order valence-corrected chi connectivity index (χ1v) is 5.70. The Balaban J connectivity index is 2.46. The van der Waals surface area contributed by atoms with Gasteiger partial charge in [-0.3, -0.25) is 4.79 Å². The molecule has 2 N–H and O–H groups in total. The van der Waals surface area contributed by atoms with Crippen LogP contribution >= 0.6 is 11.6 Å². The lowest BCUT2D eigenvalue weighted by molar-refractivity contribution is -0.120. The molecule has 0 bridgehead atoms. The number of carbonyl (C=O) groups is 2. The van der Waals surface area contributed by atoms with Gasteiger partial charge in [0.15, 0.2) is 5.78 Å². The highest BCUT2D eigenvalue weighted by Gasteiger charge is 2.09. The van der Waals surface area contributed by atoms with Crippen LogP contribution in [0.3, 0.4) is 0 Å². The normalized spacial score (nSPS) is 10.1. The summed E-state index contributed by atoms with van der Waals surface area (Å²) in [6.45, 7) is 3.60. The van der Waals surface area contributed by atoms with Crippen molar-refractivity contribution in [3.63, 3.8) is 0 Å². The van der Waals surface area contributed by atoms with Gasteiger partial charge in [0.1, 0.15) is 0 Å². The highest BCUT2D eigenvalue weighted by molar-refractivity contribution is 6.33. The molecule has 0 unspecified atom stereocenters. The molecule has 0 aliphatic carbocycles. The molecule has 4 nitrogen and oxygen atoms in total. The van der Waals surface area contributed by atoms with Crippen molar-refractivity contribution in [3.05, 3.63) is 29.3 Å². The van der Waals surface area contributed by atoms with Gasteiger partial charge in [-0.15, -0.1) is 0 Å². The molecule has 17 heavy (non-hydrogen) atoms. The summed E-state index contributed by atoms with van der Waals surface area (Å²) >= 11 is 5.87. The van der Waals surface area contributed by atoms with Crippen LogP contribution in [0.2, 0.25) is 5.02 Å². The second kappa shape index (κ2) is 6.25. The van der Waals surface area contributed by atoms with Crippen LogP contribution in [-0.2, 0) is 4.79 Å². The van der Waals surface area contributed by atoms with Crippen LogP contribution in [0.4, 0.5) is 10.5 Å². The first-order valence-electron chi connectivity index (χ1n) is 5.33. The topological polar surface area (TPSA) is 58.2 Å². The van der Waals surface area contributed by atoms with Crippen molar-refractivity contribution in [3.8, 4) is 0 Å². The van der Waals surface area contributed by atoms with E-state index in [0.29, 0.717) is 10.7 Å². The molecule has 5 heteroatoms. The fourth-order valence-electron chi connectivity index (χ4n) is 1.10. The second-order valence-corrected chi connectivity index (χ2v) is 4.32. The van der Waals surface area contributed by atoms with Gasteiger partial charge in [0, 0.05) is 5.92 Å². The standard InChI is InChI=1S/C12H15ClN2O2/c1-8(2)11(16)7-14-12(17)15-10-6-4-3-5-9(10)13/h3-6,8H,7H2,1-2H3,(H2,14,15,17). The van der Waals surface area contributed by atoms with Crippen LogP contribution in [0.1, 0.15) is 13.8 Å². The average Bonchev–Trinajstić information content (AvgIpc) is 2.29. The summed E-state index contributed by atoms with van der Waals surface area (Å²) in [6.07, 6.45) is 0. The van der Waals surface area contributed by atoms with Crippen LogP contribution in [0, 0.1) is 5.92 Å². The quantitative estimate of drug-likeness (QED) is 0.868. The molecule has 1 aromatic carbocycles. The van der Waals surface area contributed by atoms with Gasteiger partial charge < -0.3 is 10.6 Å². The summed E-state index contributed by atoms with van der Waals surface area (Å²) in [5, 5.41) is 5.51. The van der Waals surface area contributed by atoms with Gasteiger partial charge in [0.2, 0.25) is 0 Å². The molecule has 0 aliphatic rings. The summed E-state index contributed by atoms with van der Waals surface area (Å²) in [6, 6.07) is 6.46. The summed E-state index contributed by atoms with van der Waals surface area (Å²) in [5.74, 6) is -0.102. The number of hydrogen-bond acceptors (Lipinski definition) is 2. The van der Waals surface area contributed by atoms with Crippen molar-refractivity contribution in [1.82, 2.24) is 5.32 Å². The lowest BCUT2D eigenvalue weighted by Gasteiger charge is -2.09. The van der Waals surface area contributed by atoms with Crippen LogP contribution in [0.5, 0.6) is 0 Å². The van der Waals surface area contributed by atoms with Crippen LogP contribution in [-0.4, -0.2) is 18.4 Å². The highest BCUT2D eigenvalue weighted by Crippen LogP contribution is 2.19. The Morgan fingerprint density at radius 1 is 1.29 bits per heavy atom. The molecule has 0 atom stereocenters. The summed E-state index contributed by atoms with van der Waals surface area (Å²) in [7, 11) is 0. The van der Waals surface area contributed by atoms with E-state index in [9.17, 15) is 9.59 Å². The first kappa shape index (κ1) is 13.5. The predicted molar refractivity (Wildman–Crippen MR) is 68.3 cm³/mol. The van der Waals surface area contributed by atoms with E-state index in [0.717, 1.165) is 0 Å². The molecule has 0 aromatic heterocycles. The zero-order valence-corrected chi connectivity index (χ0v) is 10.5. The Labute approximate surface area is 105 Å². The summed E-state index contributed by atoms with van der Waals surface area (Å²) in [4.78, 5) is 22.8. The van der Waals surface area contributed by atoms with E-state index in [1.807, 2.05) is 0 Å². The van der Waals surface area contributed by atoms with Crippen LogP contribution in [0.15, 0.2) is 24.3 Å². The average molecular weight is 255 g/mol. The fourth-order valence-corrected chi connectivity index (χ4v) is 1.28. The minimum absolute atomic E-state index is 0.0145. The number of carbonyl (C=O) groups excluding carboxylic acids is 2. The number of amides is 2. The lowest BCUT2D eigenvalue weighted by Crippen LogP contribution is -2.34. The van der Waals surface area contributed by atoms with Gasteiger partial charge in [0.25, 0.3) is 0 Å². The van der Waals surface area contributed by atoms with Crippen molar-refractivity contribution in [2.45, 2.75) is 13.8 Å². The summed E-state index contributed by atoms with van der Waals surface area (Å²) in [5.41, 5.74) is 0.517. The molecule has 0 fully saturated rings. The Kier molecular flexibility index (Phi) is 4.97. The SMILES string of the molecule is CC(C)C(=O)CNC(=O)Nc1ccccc1Cl. The van der Waals surface area contributed by atoms with E-state index in [4.69, 9.17) is 11.6 Å². The molecular weight excluding hydrogens is 240 g/mol. The molecule has 1 aromatic rings. The number of rotatable bonds is 4. The zero-order chi connectivity index (χ0) is 12.8. The molecule has 0 saturated heterocycles. The second-order valence-electron chi connectivity index (χ2n) is 3.91. The maximum atomic E-state index is 11.5. The molecule has 1 rings (SSSR count). The number of anilines is 1. The molecule has 92 valence electrons. The number of halogens is 1. The van der Waals surface area contributed by atoms with Crippen molar-refractivity contribution in [2.75, 3.05) is 11.9 Å². The lowest BCUT2D eigenvalue weighted by atomic mass is 10.1. The number of ketones is 1. The molecular formula is C12H15ClN2O2. The number of urea groups is 1. The Hall–Kier alpha value is -1.55. The predicted octanol–water partition coefficient (Wildman–Crippen LogP) is 2.69. The Morgan fingerprint density at radius 2 is 1.94 bits per heavy atom.